The molecule has 0 spiro atoms. The van der Waals surface area contributed by atoms with Gasteiger partial charge in [-0.3, -0.25) is 9.59 Å². The minimum Gasteiger partial charge on any atom is -0.483 e. The highest BCUT2D eigenvalue weighted by Crippen LogP contribution is 2.18. The molecule has 0 radical (unpaired) electrons. The van der Waals surface area contributed by atoms with Gasteiger partial charge in [0, 0.05) is 25.5 Å². The van der Waals surface area contributed by atoms with Crippen LogP contribution in [0, 0.1) is 0 Å². The fourth-order valence-electron chi connectivity index (χ4n) is 2.28. The van der Waals surface area contributed by atoms with Gasteiger partial charge in [0.15, 0.2) is 11.6 Å². The number of carbonyl (C=O) groups excluding carboxylic acids is 1. The first-order chi connectivity index (χ1) is 10.3. The fourth-order valence-corrected chi connectivity index (χ4v) is 2.28. The minimum absolute atomic E-state index is 0.151. The van der Waals surface area contributed by atoms with E-state index >= 15 is 0 Å². The van der Waals surface area contributed by atoms with E-state index in [2.05, 4.69) is 4.98 Å². The van der Waals surface area contributed by atoms with Crippen LogP contribution in [0.25, 0.3) is 11.6 Å². The Bertz CT molecular complexity index is 571. The Morgan fingerprint density at radius 1 is 1.43 bits per heavy atom. The molecule has 2 aromatic rings. The first-order valence-electron chi connectivity index (χ1n) is 6.67. The second kappa shape index (κ2) is 7.28. The third-order valence-corrected chi connectivity index (χ3v) is 3.22. The van der Waals surface area contributed by atoms with Crippen LogP contribution in [0.3, 0.4) is 0 Å². The number of furan rings is 1. The van der Waals surface area contributed by atoms with Crippen molar-refractivity contribution < 1.29 is 19.1 Å². The van der Waals surface area contributed by atoms with E-state index in [-0.39, 0.29) is 12.4 Å². The van der Waals surface area contributed by atoms with E-state index < -0.39 is 0 Å². The Hall–Kier alpha value is -2.57. The SMILES string of the molecule is O=C(Cn1ccnc1-c1ccco1)N1CCCC1.O=CO. The summed E-state index contributed by atoms with van der Waals surface area (Å²) in [5.41, 5.74) is 0. The zero-order valence-corrected chi connectivity index (χ0v) is 11.5. The molecule has 1 aliphatic heterocycles. The Morgan fingerprint density at radius 3 is 2.76 bits per heavy atom. The molecule has 1 saturated heterocycles. The lowest BCUT2D eigenvalue weighted by Gasteiger charge is -2.16. The molecule has 2 aromatic heterocycles. The molecule has 7 nitrogen and oxygen atoms in total. The van der Waals surface area contributed by atoms with Crippen molar-refractivity contribution in [3.8, 4) is 11.6 Å². The third kappa shape index (κ3) is 3.71. The van der Waals surface area contributed by atoms with Crippen LogP contribution in [0.1, 0.15) is 12.8 Å². The summed E-state index contributed by atoms with van der Waals surface area (Å²) in [5.74, 6) is 1.54. The summed E-state index contributed by atoms with van der Waals surface area (Å²) >= 11 is 0. The van der Waals surface area contributed by atoms with Gasteiger partial charge in [-0.2, -0.15) is 0 Å². The lowest BCUT2D eigenvalue weighted by molar-refractivity contribution is -0.130. The topological polar surface area (TPSA) is 88.6 Å². The molecule has 0 bridgehead atoms. The first kappa shape index (κ1) is 14.8. The zero-order chi connectivity index (χ0) is 15.1. The molecule has 0 saturated carbocycles. The van der Waals surface area contributed by atoms with E-state index in [0.29, 0.717) is 18.1 Å². The average Bonchev–Trinajstić information content (AvgIpc) is 3.22. The first-order valence-corrected chi connectivity index (χ1v) is 6.67. The van der Waals surface area contributed by atoms with Gasteiger partial charge < -0.3 is 19.0 Å². The van der Waals surface area contributed by atoms with Crippen molar-refractivity contribution in [2.45, 2.75) is 19.4 Å². The van der Waals surface area contributed by atoms with Crippen molar-refractivity contribution >= 4 is 12.4 Å². The lowest BCUT2D eigenvalue weighted by Crippen LogP contribution is -2.31. The molecule has 1 amide bonds. The Morgan fingerprint density at radius 2 is 2.14 bits per heavy atom. The number of aromatic nitrogens is 2. The molecule has 3 rings (SSSR count). The molecule has 21 heavy (non-hydrogen) atoms. The lowest BCUT2D eigenvalue weighted by atomic mass is 10.4. The van der Waals surface area contributed by atoms with Crippen LogP contribution in [-0.4, -0.2) is 45.0 Å². The van der Waals surface area contributed by atoms with Gasteiger partial charge in [0.1, 0.15) is 6.54 Å². The number of carbonyl (C=O) groups is 2. The quantitative estimate of drug-likeness (QED) is 0.865. The summed E-state index contributed by atoms with van der Waals surface area (Å²) < 4.78 is 7.15. The van der Waals surface area contributed by atoms with Gasteiger partial charge in [-0.15, -0.1) is 0 Å². The second-order valence-electron chi connectivity index (χ2n) is 4.55. The Kier molecular flexibility index (Phi) is 5.14. The van der Waals surface area contributed by atoms with Crippen molar-refractivity contribution in [1.29, 1.82) is 0 Å². The van der Waals surface area contributed by atoms with E-state index in [1.807, 2.05) is 27.8 Å². The van der Waals surface area contributed by atoms with E-state index in [0.717, 1.165) is 25.9 Å². The molecule has 3 heterocycles. The van der Waals surface area contributed by atoms with E-state index in [4.69, 9.17) is 14.3 Å². The maximum absolute atomic E-state index is 12.1. The van der Waals surface area contributed by atoms with Gasteiger partial charge in [0.25, 0.3) is 6.47 Å². The van der Waals surface area contributed by atoms with Crippen molar-refractivity contribution in [2.75, 3.05) is 13.1 Å². The summed E-state index contributed by atoms with van der Waals surface area (Å²) in [5, 5.41) is 6.89. The monoisotopic (exact) mass is 291 g/mol. The van der Waals surface area contributed by atoms with Crippen LogP contribution in [0.15, 0.2) is 35.2 Å². The van der Waals surface area contributed by atoms with Crippen LogP contribution in [0.5, 0.6) is 0 Å². The molecule has 1 fully saturated rings. The number of likely N-dealkylation sites (tertiary alicyclic amines) is 1. The summed E-state index contributed by atoms with van der Waals surface area (Å²) in [6.45, 7) is 1.84. The normalized spacial score (nSPS) is 13.6. The predicted molar refractivity (Wildman–Crippen MR) is 74.4 cm³/mol. The molecular formula is C14H17N3O4. The number of imidazole rings is 1. The van der Waals surface area contributed by atoms with E-state index in [1.54, 1.807) is 12.5 Å². The summed E-state index contributed by atoms with van der Waals surface area (Å²) in [6, 6.07) is 3.66. The van der Waals surface area contributed by atoms with Crippen LogP contribution in [0.4, 0.5) is 0 Å². The van der Waals surface area contributed by atoms with Crippen molar-refractivity contribution in [3.05, 3.63) is 30.8 Å². The number of carboxylic acid groups (broad SMARTS) is 1. The molecule has 0 aromatic carbocycles. The smallest absolute Gasteiger partial charge is 0.290 e. The predicted octanol–water partition coefficient (Wildman–Crippen LogP) is 1.47. The molecule has 7 heteroatoms. The fraction of sp³-hybridized carbons (Fsp3) is 0.357. The van der Waals surface area contributed by atoms with Crippen molar-refractivity contribution in [3.63, 3.8) is 0 Å². The Labute approximate surface area is 121 Å². The summed E-state index contributed by atoms with van der Waals surface area (Å²) in [6.07, 6.45) is 7.33. The molecule has 0 aliphatic carbocycles. The van der Waals surface area contributed by atoms with Gasteiger partial charge in [-0.25, -0.2) is 4.98 Å². The number of nitrogens with zero attached hydrogens (tertiary/aromatic N) is 3. The van der Waals surface area contributed by atoms with E-state index in [9.17, 15) is 4.79 Å². The average molecular weight is 291 g/mol. The molecular weight excluding hydrogens is 274 g/mol. The molecule has 112 valence electrons. The number of hydrogen-bond acceptors (Lipinski definition) is 4. The maximum Gasteiger partial charge on any atom is 0.290 e. The third-order valence-electron chi connectivity index (χ3n) is 3.22. The van der Waals surface area contributed by atoms with Crippen LogP contribution in [0.2, 0.25) is 0 Å². The highest BCUT2D eigenvalue weighted by atomic mass is 16.3. The number of amides is 1. The number of rotatable bonds is 3. The van der Waals surface area contributed by atoms with Crippen molar-refractivity contribution in [1.82, 2.24) is 14.5 Å². The van der Waals surface area contributed by atoms with Gasteiger partial charge in [0.2, 0.25) is 5.91 Å². The van der Waals surface area contributed by atoms with Gasteiger partial charge in [-0.05, 0) is 25.0 Å². The van der Waals surface area contributed by atoms with Crippen LogP contribution < -0.4 is 0 Å². The molecule has 0 unspecified atom stereocenters. The molecule has 1 N–H and O–H groups in total. The Balaban J connectivity index is 0.000000497. The largest absolute Gasteiger partial charge is 0.483 e. The van der Waals surface area contributed by atoms with Gasteiger partial charge >= 0.3 is 0 Å². The number of hydrogen-bond donors (Lipinski definition) is 1. The molecule has 0 atom stereocenters. The van der Waals surface area contributed by atoms with Crippen molar-refractivity contribution in [2.24, 2.45) is 0 Å². The van der Waals surface area contributed by atoms with Gasteiger partial charge in [0.05, 0.1) is 6.26 Å². The second-order valence-corrected chi connectivity index (χ2v) is 4.55. The van der Waals surface area contributed by atoms with Crippen LogP contribution in [-0.2, 0) is 16.1 Å². The summed E-state index contributed by atoms with van der Waals surface area (Å²) in [7, 11) is 0. The van der Waals surface area contributed by atoms with E-state index in [1.165, 1.54) is 0 Å². The summed E-state index contributed by atoms with van der Waals surface area (Å²) in [4.78, 5) is 26.6. The zero-order valence-electron chi connectivity index (χ0n) is 11.5. The minimum atomic E-state index is -0.250. The highest BCUT2D eigenvalue weighted by molar-refractivity contribution is 5.76. The standard InChI is InChI=1S/C13H15N3O2.CH2O2/c17-12(15-6-1-2-7-15)10-16-8-5-14-13(16)11-4-3-9-18-11;2-1-3/h3-5,8-9H,1-2,6-7,10H2;1H,(H,2,3). The molecule has 1 aliphatic rings. The van der Waals surface area contributed by atoms with Gasteiger partial charge in [-0.1, -0.05) is 0 Å². The van der Waals surface area contributed by atoms with Crippen LogP contribution >= 0.6 is 0 Å². The highest BCUT2D eigenvalue weighted by Gasteiger charge is 2.19. The maximum atomic E-state index is 12.1.